The van der Waals surface area contributed by atoms with Crippen molar-refractivity contribution in [2.45, 2.75) is 75.5 Å². The Hall–Kier alpha value is -3.08. The minimum absolute atomic E-state index is 0. The Labute approximate surface area is 282 Å². The van der Waals surface area contributed by atoms with Crippen molar-refractivity contribution in [1.29, 1.82) is 0 Å². The molecular formula is C35H48ClN5O4S. The third kappa shape index (κ3) is 8.83. The SMILES string of the molecule is CSCC[C@@H](NC(=O)[C@@H](N)Cc1ccccc1)C(=O)NCC(=O)N(C1C2CC3CC(C2)CC1C3)[C@@H](Cc1ccccc1)C(N)=O.Cl. The zero-order valence-electron chi connectivity index (χ0n) is 26.5. The van der Waals surface area contributed by atoms with Gasteiger partial charge >= 0.3 is 0 Å². The topological polar surface area (TPSA) is 148 Å². The molecule has 4 aliphatic rings. The van der Waals surface area contributed by atoms with E-state index in [1.807, 2.05) is 66.9 Å². The number of amides is 4. The van der Waals surface area contributed by atoms with Crippen molar-refractivity contribution in [3.63, 3.8) is 0 Å². The zero-order chi connectivity index (χ0) is 31.9. The predicted molar refractivity (Wildman–Crippen MR) is 184 cm³/mol. The fraction of sp³-hybridized carbons (Fsp3) is 0.543. The number of carbonyl (C=O) groups excluding carboxylic acids is 4. The normalized spacial score (nSPS) is 24.6. The highest BCUT2D eigenvalue weighted by Crippen LogP contribution is 2.55. The lowest BCUT2D eigenvalue weighted by Crippen LogP contribution is -2.64. The van der Waals surface area contributed by atoms with Gasteiger partial charge in [-0.3, -0.25) is 19.2 Å². The molecule has 4 aliphatic carbocycles. The summed E-state index contributed by atoms with van der Waals surface area (Å²) < 4.78 is 0. The fourth-order valence-electron chi connectivity index (χ4n) is 8.19. The quantitative estimate of drug-likeness (QED) is 0.229. The summed E-state index contributed by atoms with van der Waals surface area (Å²) in [6.07, 6.45) is 8.53. The summed E-state index contributed by atoms with van der Waals surface area (Å²) in [6.45, 7) is -0.276. The van der Waals surface area contributed by atoms with Crippen molar-refractivity contribution in [2.24, 2.45) is 35.1 Å². The van der Waals surface area contributed by atoms with Gasteiger partial charge in [-0.2, -0.15) is 11.8 Å². The van der Waals surface area contributed by atoms with Gasteiger partial charge < -0.3 is 27.0 Å². The zero-order valence-corrected chi connectivity index (χ0v) is 28.1. The number of halogens is 1. The van der Waals surface area contributed by atoms with Gasteiger partial charge in [-0.15, -0.1) is 12.4 Å². The van der Waals surface area contributed by atoms with Crippen LogP contribution in [-0.4, -0.2) is 71.2 Å². The molecule has 4 saturated carbocycles. The summed E-state index contributed by atoms with van der Waals surface area (Å²) in [6, 6.07) is 16.6. The Morgan fingerprint density at radius 2 is 1.39 bits per heavy atom. The molecule has 0 heterocycles. The number of benzene rings is 2. The van der Waals surface area contributed by atoms with E-state index < -0.39 is 35.8 Å². The van der Waals surface area contributed by atoms with Gasteiger partial charge in [0.25, 0.3) is 0 Å². The van der Waals surface area contributed by atoms with Gasteiger partial charge in [-0.25, -0.2) is 0 Å². The molecule has 0 radical (unpaired) electrons. The van der Waals surface area contributed by atoms with E-state index in [-0.39, 0.29) is 30.9 Å². The van der Waals surface area contributed by atoms with Gasteiger partial charge in [0.2, 0.25) is 23.6 Å². The Kier molecular flexibility index (Phi) is 13.0. The van der Waals surface area contributed by atoms with Gasteiger partial charge in [0, 0.05) is 12.5 Å². The molecule has 4 amide bonds. The van der Waals surface area contributed by atoms with Crippen LogP contribution in [0.1, 0.15) is 49.7 Å². The maximum atomic E-state index is 14.2. The van der Waals surface area contributed by atoms with Crippen molar-refractivity contribution in [3.8, 4) is 0 Å². The maximum Gasteiger partial charge on any atom is 0.243 e. The van der Waals surface area contributed by atoms with Gasteiger partial charge in [-0.05, 0) is 91.8 Å². The highest BCUT2D eigenvalue weighted by molar-refractivity contribution is 7.98. The van der Waals surface area contributed by atoms with E-state index in [4.69, 9.17) is 11.5 Å². The number of primary amides is 1. The Bertz CT molecular complexity index is 1300. The standard InChI is InChI=1S/C35H47N5O4S.ClH/c1-45-13-12-29(39-34(43)28(36)19-22-8-4-2-5-9-22)35(44)38-21-31(41)40(30(33(37)42)20-23-10-6-3-7-11-23)32-26-15-24-14-25(17-26)18-27(32)16-24;/h2-11,24-30,32H,12-21,36H2,1H3,(H2,37,42)(H,38,44)(H,39,43);1H/t24?,25?,26?,27?,28-,29+,30-,32?;/m0./s1. The molecule has 0 aromatic heterocycles. The van der Waals surface area contributed by atoms with E-state index in [0.29, 0.717) is 48.7 Å². The van der Waals surface area contributed by atoms with E-state index in [1.165, 1.54) is 6.42 Å². The second-order valence-electron chi connectivity index (χ2n) is 13.2. The molecule has 9 nitrogen and oxygen atoms in total. The first-order valence-corrected chi connectivity index (χ1v) is 17.6. The molecule has 3 atom stereocenters. The van der Waals surface area contributed by atoms with E-state index in [0.717, 1.165) is 36.8 Å². The first-order chi connectivity index (χ1) is 21.7. The first-order valence-electron chi connectivity index (χ1n) is 16.2. The van der Waals surface area contributed by atoms with Gasteiger partial charge in [0.1, 0.15) is 12.1 Å². The molecule has 0 spiro atoms. The number of nitrogens with two attached hydrogens (primary N) is 2. The Morgan fingerprint density at radius 3 is 1.91 bits per heavy atom. The van der Waals surface area contributed by atoms with Crippen LogP contribution in [-0.2, 0) is 32.0 Å². The largest absolute Gasteiger partial charge is 0.368 e. The second-order valence-corrected chi connectivity index (χ2v) is 14.2. The lowest BCUT2D eigenvalue weighted by atomic mass is 9.53. The molecular weight excluding hydrogens is 622 g/mol. The fourth-order valence-corrected chi connectivity index (χ4v) is 8.66. The average molecular weight is 670 g/mol. The summed E-state index contributed by atoms with van der Waals surface area (Å²) >= 11 is 1.57. The minimum Gasteiger partial charge on any atom is -0.368 e. The number of carbonyl (C=O) groups is 4. The molecule has 6 N–H and O–H groups in total. The highest BCUT2D eigenvalue weighted by atomic mass is 35.5. The molecule has 2 aromatic rings. The van der Waals surface area contributed by atoms with Crippen molar-refractivity contribution < 1.29 is 19.2 Å². The molecule has 0 aliphatic heterocycles. The van der Waals surface area contributed by atoms with Gasteiger partial charge in [0.15, 0.2) is 0 Å². The summed E-state index contributed by atoms with van der Waals surface area (Å²) in [7, 11) is 0. The molecule has 11 heteroatoms. The van der Waals surface area contributed by atoms with Gasteiger partial charge in [-0.1, -0.05) is 60.7 Å². The van der Waals surface area contributed by atoms with Crippen molar-refractivity contribution >= 4 is 47.8 Å². The van der Waals surface area contributed by atoms with Crippen LogP contribution >= 0.6 is 24.2 Å². The second kappa shape index (κ2) is 16.7. The van der Waals surface area contributed by atoms with Crippen molar-refractivity contribution in [1.82, 2.24) is 15.5 Å². The first kappa shape index (κ1) is 35.8. The molecule has 0 saturated heterocycles. The molecule has 250 valence electrons. The van der Waals surface area contributed by atoms with E-state index in [9.17, 15) is 19.2 Å². The predicted octanol–water partition coefficient (Wildman–Crippen LogP) is 3.08. The van der Waals surface area contributed by atoms with Crippen molar-refractivity contribution in [2.75, 3.05) is 18.6 Å². The monoisotopic (exact) mass is 669 g/mol. The Morgan fingerprint density at radius 1 is 0.848 bits per heavy atom. The molecule has 4 fully saturated rings. The van der Waals surface area contributed by atoms with E-state index >= 15 is 0 Å². The third-order valence-corrected chi connectivity index (χ3v) is 10.7. The number of nitrogens with zero attached hydrogens (tertiary/aromatic N) is 1. The number of thioether (sulfide) groups is 1. The number of rotatable bonds is 15. The molecule has 2 aromatic carbocycles. The molecule has 0 unspecified atom stereocenters. The van der Waals surface area contributed by atoms with Crippen molar-refractivity contribution in [3.05, 3.63) is 71.8 Å². The van der Waals surface area contributed by atoms with Crippen LogP contribution in [0.3, 0.4) is 0 Å². The molecule has 4 bridgehead atoms. The Balaban J connectivity index is 0.00000480. The third-order valence-electron chi connectivity index (χ3n) is 10.0. The highest BCUT2D eigenvalue weighted by Gasteiger charge is 2.52. The minimum atomic E-state index is -0.842. The maximum absolute atomic E-state index is 14.2. The summed E-state index contributed by atoms with van der Waals surface area (Å²) in [5, 5.41) is 5.61. The van der Waals surface area contributed by atoms with E-state index in [1.54, 1.807) is 16.7 Å². The number of nitrogens with one attached hydrogen (secondary N) is 2. The summed E-state index contributed by atoms with van der Waals surface area (Å²) in [5.74, 6) is 0.976. The lowest BCUT2D eigenvalue weighted by molar-refractivity contribution is -0.153. The average Bonchev–Trinajstić information content (AvgIpc) is 3.03. The summed E-state index contributed by atoms with van der Waals surface area (Å²) in [5.41, 5.74) is 14.1. The van der Waals surface area contributed by atoms with Crippen LogP contribution in [0.2, 0.25) is 0 Å². The van der Waals surface area contributed by atoms with Crippen LogP contribution in [0.5, 0.6) is 0 Å². The van der Waals surface area contributed by atoms with Crippen LogP contribution in [0.25, 0.3) is 0 Å². The van der Waals surface area contributed by atoms with Crippen LogP contribution in [0.4, 0.5) is 0 Å². The van der Waals surface area contributed by atoms with Crippen LogP contribution in [0, 0.1) is 23.7 Å². The lowest BCUT2D eigenvalue weighted by Gasteiger charge is -2.58. The molecule has 6 rings (SSSR count). The van der Waals surface area contributed by atoms with Crippen LogP contribution in [0.15, 0.2) is 60.7 Å². The summed E-state index contributed by atoms with van der Waals surface area (Å²) in [4.78, 5) is 55.4. The number of hydrogen-bond donors (Lipinski definition) is 4. The number of hydrogen-bond acceptors (Lipinski definition) is 6. The van der Waals surface area contributed by atoms with Crippen LogP contribution < -0.4 is 22.1 Å². The van der Waals surface area contributed by atoms with E-state index in [2.05, 4.69) is 10.6 Å². The van der Waals surface area contributed by atoms with Gasteiger partial charge in [0.05, 0.1) is 12.6 Å². The molecule has 46 heavy (non-hydrogen) atoms. The smallest absolute Gasteiger partial charge is 0.243 e.